The predicted octanol–water partition coefficient (Wildman–Crippen LogP) is 1.20. The first-order chi connectivity index (χ1) is 9.15. The summed E-state index contributed by atoms with van der Waals surface area (Å²) >= 11 is 0. The Morgan fingerprint density at radius 1 is 1.37 bits per heavy atom. The van der Waals surface area contributed by atoms with Crippen molar-refractivity contribution in [2.24, 2.45) is 5.73 Å². The quantitative estimate of drug-likeness (QED) is 0.856. The van der Waals surface area contributed by atoms with Gasteiger partial charge in [0.25, 0.3) is 0 Å². The van der Waals surface area contributed by atoms with Crippen molar-refractivity contribution in [3.05, 3.63) is 24.3 Å². The van der Waals surface area contributed by atoms with Gasteiger partial charge < -0.3 is 20.7 Å². The third-order valence-electron chi connectivity index (χ3n) is 3.03. The molecule has 0 radical (unpaired) electrons. The molecule has 1 aromatic carbocycles. The van der Waals surface area contributed by atoms with Gasteiger partial charge in [-0.2, -0.15) is 0 Å². The van der Waals surface area contributed by atoms with Crippen LogP contribution in [0, 0.1) is 0 Å². The smallest absolute Gasteiger partial charge is 0.225 e. The lowest BCUT2D eigenvalue weighted by molar-refractivity contribution is -0.116. The van der Waals surface area contributed by atoms with Gasteiger partial charge in [0, 0.05) is 36.9 Å². The van der Waals surface area contributed by atoms with Crippen LogP contribution >= 0.6 is 0 Å². The third-order valence-corrected chi connectivity index (χ3v) is 3.03. The number of hydrogen-bond donors (Lipinski definition) is 2. The van der Waals surface area contributed by atoms with E-state index in [-0.39, 0.29) is 11.9 Å². The highest BCUT2D eigenvalue weighted by atomic mass is 16.5. The standard InChI is InChI=1S/C14H21N3O2/c1-11(15)10-14(18)16-12-2-4-13(5-3-12)17-6-8-19-9-7-17/h2-5,11H,6-10,15H2,1H3,(H,16,18). The summed E-state index contributed by atoms with van der Waals surface area (Å²) < 4.78 is 5.32. The number of benzene rings is 1. The van der Waals surface area contributed by atoms with Crippen molar-refractivity contribution in [1.82, 2.24) is 0 Å². The van der Waals surface area contributed by atoms with Gasteiger partial charge in [0.1, 0.15) is 0 Å². The minimum absolute atomic E-state index is 0.0471. The topological polar surface area (TPSA) is 67.6 Å². The van der Waals surface area contributed by atoms with Crippen molar-refractivity contribution in [3.8, 4) is 0 Å². The third kappa shape index (κ3) is 4.22. The van der Waals surface area contributed by atoms with Crippen LogP contribution in [-0.4, -0.2) is 38.3 Å². The number of morpholine rings is 1. The molecule has 1 unspecified atom stereocenters. The summed E-state index contributed by atoms with van der Waals surface area (Å²) in [5, 5.41) is 2.84. The van der Waals surface area contributed by atoms with Gasteiger partial charge in [0.2, 0.25) is 5.91 Å². The molecule has 1 fully saturated rings. The number of hydrogen-bond acceptors (Lipinski definition) is 4. The van der Waals surface area contributed by atoms with Crippen LogP contribution in [0.1, 0.15) is 13.3 Å². The minimum Gasteiger partial charge on any atom is -0.378 e. The summed E-state index contributed by atoms with van der Waals surface area (Å²) in [5.41, 5.74) is 7.56. The molecule has 5 nitrogen and oxygen atoms in total. The molecule has 1 aliphatic heterocycles. The zero-order chi connectivity index (χ0) is 13.7. The first kappa shape index (κ1) is 13.8. The number of nitrogens with one attached hydrogen (secondary N) is 1. The molecule has 0 spiro atoms. The highest BCUT2D eigenvalue weighted by molar-refractivity contribution is 5.91. The highest BCUT2D eigenvalue weighted by Gasteiger charge is 2.11. The fraction of sp³-hybridized carbons (Fsp3) is 0.500. The van der Waals surface area contributed by atoms with Crippen molar-refractivity contribution >= 4 is 17.3 Å². The number of carbonyl (C=O) groups is 1. The van der Waals surface area contributed by atoms with E-state index in [1.807, 2.05) is 31.2 Å². The van der Waals surface area contributed by atoms with E-state index in [4.69, 9.17) is 10.5 Å². The molecular weight excluding hydrogens is 242 g/mol. The summed E-state index contributed by atoms with van der Waals surface area (Å²) in [6, 6.07) is 7.76. The second-order valence-electron chi connectivity index (χ2n) is 4.88. The number of amides is 1. The van der Waals surface area contributed by atoms with Crippen molar-refractivity contribution in [3.63, 3.8) is 0 Å². The highest BCUT2D eigenvalue weighted by Crippen LogP contribution is 2.19. The maximum atomic E-state index is 11.6. The van der Waals surface area contributed by atoms with Crippen LogP contribution < -0.4 is 16.0 Å². The second kappa shape index (κ2) is 6.54. The zero-order valence-corrected chi connectivity index (χ0v) is 11.3. The second-order valence-corrected chi connectivity index (χ2v) is 4.88. The fourth-order valence-corrected chi connectivity index (χ4v) is 2.08. The Hall–Kier alpha value is -1.59. The predicted molar refractivity (Wildman–Crippen MR) is 76.4 cm³/mol. The summed E-state index contributed by atoms with van der Waals surface area (Å²) in [6.45, 7) is 5.19. The van der Waals surface area contributed by atoms with Gasteiger partial charge >= 0.3 is 0 Å². The number of nitrogens with two attached hydrogens (primary N) is 1. The number of carbonyl (C=O) groups excluding carboxylic acids is 1. The number of anilines is 2. The lowest BCUT2D eigenvalue weighted by atomic mass is 10.2. The van der Waals surface area contributed by atoms with Crippen LogP contribution in [-0.2, 0) is 9.53 Å². The first-order valence-corrected chi connectivity index (χ1v) is 6.63. The van der Waals surface area contributed by atoms with Crippen LogP contribution in [0.15, 0.2) is 24.3 Å². The van der Waals surface area contributed by atoms with Crippen molar-refractivity contribution in [1.29, 1.82) is 0 Å². The Balaban J connectivity index is 1.92. The molecule has 19 heavy (non-hydrogen) atoms. The number of ether oxygens (including phenoxy) is 1. The summed E-state index contributed by atoms with van der Waals surface area (Å²) in [7, 11) is 0. The summed E-state index contributed by atoms with van der Waals surface area (Å²) in [4.78, 5) is 13.9. The molecule has 0 aromatic heterocycles. The Kier molecular flexibility index (Phi) is 4.76. The minimum atomic E-state index is -0.118. The monoisotopic (exact) mass is 263 g/mol. The average molecular weight is 263 g/mol. The van der Waals surface area contributed by atoms with E-state index in [1.165, 1.54) is 0 Å². The molecule has 104 valence electrons. The molecule has 0 bridgehead atoms. The average Bonchev–Trinajstić information content (AvgIpc) is 2.39. The Morgan fingerprint density at radius 2 is 2.00 bits per heavy atom. The van der Waals surface area contributed by atoms with Gasteiger partial charge in [-0.15, -0.1) is 0 Å². The van der Waals surface area contributed by atoms with Gasteiger partial charge in [0.15, 0.2) is 0 Å². The van der Waals surface area contributed by atoms with Crippen LogP contribution in [0.25, 0.3) is 0 Å². The van der Waals surface area contributed by atoms with E-state index in [2.05, 4.69) is 10.2 Å². The van der Waals surface area contributed by atoms with E-state index in [0.717, 1.165) is 37.7 Å². The fourth-order valence-electron chi connectivity index (χ4n) is 2.08. The van der Waals surface area contributed by atoms with Gasteiger partial charge in [-0.25, -0.2) is 0 Å². The van der Waals surface area contributed by atoms with Crippen molar-refractivity contribution in [2.75, 3.05) is 36.5 Å². The number of rotatable bonds is 4. The molecule has 1 aliphatic rings. The first-order valence-electron chi connectivity index (χ1n) is 6.63. The van der Waals surface area contributed by atoms with Gasteiger partial charge in [-0.1, -0.05) is 0 Å². The van der Waals surface area contributed by atoms with E-state index < -0.39 is 0 Å². The van der Waals surface area contributed by atoms with Crippen molar-refractivity contribution in [2.45, 2.75) is 19.4 Å². The molecule has 0 aliphatic carbocycles. The molecule has 2 rings (SSSR count). The molecule has 1 aromatic rings. The molecular formula is C14H21N3O2. The van der Waals surface area contributed by atoms with Crippen molar-refractivity contribution < 1.29 is 9.53 Å². The summed E-state index contributed by atoms with van der Waals surface area (Å²) in [5.74, 6) is -0.0471. The van der Waals surface area contributed by atoms with Crippen LogP contribution in [0.4, 0.5) is 11.4 Å². The SMILES string of the molecule is CC(N)CC(=O)Nc1ccc(N2CCOCC2)cc1. The van der Waals surface area contributed by atoms with Crippen LogP contribution in [0.2, 0.25) is 0 Å². The normalized spacial score (nSPS) is 17.1. The van der Waals surface area contributed by atoms with Crippen LogP contribution in [0.3, 0.4) is 0 Å². The van der Waals surface area contributed by atoms with Crippen LogP contribution in [0.5, 0.6) is 0 Å². The zero-order valence-electron chi connectivity index (χ0n) is 11.3. The molecule has 0 saturated carbocycles. The lowest BCUT2D eigenvalue weighted by Crippen LogP contribution is -2.36. The maximum Gasteiger partial charge on any atom is 0.225 e. The molecule has 1 saturated heterocycles. The van der Waals surface area contributed by atoms with Gasteiger partial charge in [-0.3, -0.25) is 4.79 Å². The molecule has 1 atom stereocenters. The largest absolute Gasteiger partial charge is 0.378 e. The van der Waals surface area contributed by atoms with E-state index in [0.29, 0.717) is 6.42 Å². The Morgan fingerprint density at radius 3 is 2.58 bits per heavy atom. The van der Waals surface area contributed by atoms with Gasteiger partial charge in [0.05, 0.1) is 13.2 Å². The maximum absolute atomic E-state index is 11.6. The molecule has 1 amide bonds. The summed E-state index contributed by atoms with van der Waals surface area (Å²) in [6.07, 6.45) is 0.339. The Labute approximate surface area is 113 Å². The molecule has 1 heterocycles. The van der Waals surface area contributed by atoms with Gasteiger partial charge in [-0.05, 0) is 31.2 Å². The Bertz CT molecular complexity index is 411. The number of nitrogens with zero attached hydrogens (tertiary/aromatic N) is 1. The lowest BCUT2D eigenvalue weighted by Gasteiger charge is -2.28. The molecule has 5 heteroatoms. The van der Waals surface area contributed by atoms with E-state index in [1.54, 1.807) is 0 Å². The van der Waals surface area contributed by atoms with E-state index in [9.17, 15) is 4.79 Å². The van der Waals surface area contributed by atoms with E-state index >= 15 is 0 Å². The molecule has 3 N–H and O–H groups in total.